The highest BCUT2D eigenvalue weighted by Gasteiger charge is 2.21. The number of hydrogen-bond donors (Lipinski definition) is 1. The molecule has 0 heterocycles. The van der Waals surface area contributed by atoms with Crippen LogP contribution >= 0.6 is 0 Å². The minimum absolute atomic E-state index is 0.254. The van der Waals surface area contributed by atoms with Crippen molar-refractivity contribution in [1.29, 1.82) is 0 Å². The van der Waals surface area contributed by atoms with Crippen LogP contribution in [0.25, 0.3) is 0 Å². The van der Waals surface area contributed by atoms with Gasteiger partial charge in [0.25, 0.3) is 5.91 Å². The highest BCUT2D eigenvalue weighted by Crippen LogP contribution is 2.10. The minimum atomic E-state index is -0.622. The lowest BCUT2D eigenvalue weighted by atomic mass is 10.1. The molecule has 0 saturated heterocycles. The molecule has 1 aromatic carbocycles. The molecule has 0 saturated carbocycles. The molecular weight excluding hydrogens is 266 g/mol. The van der Waals surface area contributed by atoms with Crippen LogP contribution in [-0.4, -0.2) is 25.0 Å². The quantitative estimate of drug-likeness (QED) is 0.477. The fourth-order valence-electron chi connectivity index (χ4n) is 2.20. The minimum Gasteiger partial charge on any atom is -0.467 e. The third-order valence-electron chi connectivity index (χ3n) is 3.18. The molecule has 1 rings (SSSR count). The van der Waals surface area contributed by atoms with E-state index >= 15 is 0 Å². The standard InChI is InChI=1S/C17H23NO3/c1-5-6-7-8-15(17(20)21-4)18-16(19)14-10-12(2)9-13(3)11-14/h5,9-11,15H,1,6-8H2,2-4H3,(H,18,19)/t15-/m1/s1. The first-order valence-electron chi connectivity index (χ1n) is 7.05. The summed E-state index contributed by atoms with van der Waals surface area (Å²) in [5, 5.41) is 2.75. The second-order valence-electron chi connectivity index (χ2n) is 5.15. The number of methoxy groups -OCH3 is 1. The number of aryl methyl sites for hydroxylation is 2. The Hall–Kier alpha value is -2.10. The first-order chi connectivity index (χ1) is 9.97. The van der Waals surface area contributed by atoms with Gasteiger partial charge < -0.3 is 10.1 Å². The molecule has 1 N–H and O–H groups in total. The van der Waals surface area contributed by atoms with Crippen molar-refractivity contribution in [3.8, 4) is 0 Å². The number of esters is 1. The van der Waals surface area contributed by atoms with E-state index in [1.807, 2.05) is 19.9 Å². The number of nitrogens with one attached hydrogen (secondary N) is 1. The van der Waals surface area contributed by atoms with E-state index in [4.69, 9.17) is 4.74 Å². The van der Waals surface area contributed by atoms with Crippen molar-refractivity contribution in [2.45, 2.75) is 39.2 Å². The smallest absolute Gasteiger partial charge is 0.328 e. The average Bonchev–Trinajstić information content (AvgIpc) is 2.44. The Morgan fingerprint density at radius 1 is 1.29 bits per heavy atom. The normalized spacial score (nSPS) is 11.6. The van der Waals surface area contributed by atoms with Gasteiger partial charge in [-0.1, -0.05) is 23.3 Å². The molecule has 114 valence electrons. The molecule has 0 aromatic heterocycles. The fourth-order valence-corrected chi connectivity index (χ4v) is 2.20. The van der Waals surface area contributed by atoms with E-state index in [-0.39, 0.29) is 5.91 Å². The summed E-state index contributed by atoms with van der Waals surface area (Å²) in [6, 6.07) is 4.99. The van der Waals surface area contributed by atoms with Gasteiger partial charge in [-0.2, -0.15) is 0 Å². The van der Waals surface area contributed by atoms with Gasteiger partial charge in [0, 0.05) is 5.56 Å². The summed E-state index contributed by atoms with van der Waals surface area (Å²) < 4.78 is 4.75. The molecule has 0 aliphatic heterocycles. The van der Waals surface area contributed by atoms with Crippen molar-refractivity contribution < 1.29 is 14.3 Å². The summed E-state index contributed by atoms with van der Waals surface area (Å²) in [5.41, 5.74) is 2.59. The molecule has 0 unspecified atom stereocenters. The number of rotatable bonds is 7. The van der Waals surface area contributed by atoms with E-state index < -0.39 is 12.0 Å². The van der Waals surface area contributed by atoms with Crippen LogP contribution in [0.15, 0.2) is 30.9 Å². The largest absolute Gasteiger partial charge is 0.467 e. The molecule has 0 aliphatic rings. The summed E-state index contributed by atoms with van der Waals surface area (Å²) in [6.07, 6.45) is 3.90. The summed E-state index contributed by atoms with van der Waals surface area (Å²) in [6.45, 7) is 7.52. The van der Waals surface area contributed by atoms with Gasteiger partial charge in [-0.15, -0.1) is 6.58 Å². The van der Waals surface area contributed by atoms with Crippen LogP contribution in [0.2, 0.25) is 0 Å². The lowest BCUT2D eigenvalue weighted by Crippen LogP contribution is -2.41. The maximum Gasteiger partial charge on any atom is 0.328 e. The van der Waals surface area contributed by atoms with Gasteiger partial charge in [-0.25, -0.2) is 4.79 Å². The molecule has 4 nitrogen and oxygen atoms in total. The number of ether oxygens (including phenoxy) is 1. The molecular formula is C17H23NO3. The number of amides is 1. The first-order valence-corrected chi connectivity index (χ1v) is 7.05. The number of carbonyl (C=O) groups excluding carboxylic acids is 2. The Bertz CT molecular complexity index is 503. The molecule has 0 bridgehead atoms. The summed E-state index contributed by atoms with van der Waals surface area (Å²) in [4.78, 5) is 24.0. The molecule has 4 heteroatoms. The van der Waals surface area contributed by atoms with Gasteiger partial charge in [0.1, 0.15) is 6.04 Å². The van der Waals surface area contributed by atoms with Crippen molar-refractivity contribution in [1.82, 2.24) is 5.32 Å². The average molecular weight is 289 g/mol. The maximum absolute atomic E-state index is 12.3. The van der Waals surface area contributed by atoms with Crippen molar-refractivity contribution in [3.63, 3.8) is 0 Å². The zero-order valence-electron chi connectivity index (χ0n) is 12.9. The number of unbranched alkanes of at least 4 members (excludes halogenated alkanes) is 1. The van der Waals surface area contributed by atoms with Gasteiger partial charge in [-0.3, -0.25) is 4.79 Å². The molecule has 1 aromatic rings. The van der Waals surface area contributed by atoms with Gasteiger partial charge in [0.05, 0.1) is 7.11 Å². The van der Waals surface area contributed by atoms with Crippen LogP contribution in [0.1, 0.15) is 40.7 Å². The van der Waals surface area contributed by atoms with Crippen LogP contribution in [-0.2, 0) is 9.53 Å². The molecule has 0 aliphatic carbocycles. The van der Waals surface area contributed by atoms with Crippen LogP contribution < -0.4 is 5.32 Å². The van der Waals surface area contributed by atoms with Crippen molar-refractivity contribution >= 4 is 11.9 Å². The lowest BCUT2D eigenvalue weighted by molar-refractivity contribution is -0.143. The lowest BCUT2D eigenvalue weighted by Gasteiger charge is -2.16. The predicted molar refractivity (Wildman–Crippen MR) is 83.2 cm³/mol. The maximum atomic E-state index is 12.3. The topological polar surface area (TPSA) is 55.4 Å². The molecule has 1 atom stereocenters. The second-order valence-corrected chi connectivity index (χ2v) is 5.15. The van der Waals surface area contributed by atoms with Gasteiger partial charge in [0.15, 0.2) is 0 Å². The summed E-state index contributed by atoms with van der Waals surface area (Å²) >= 11 is 0. The molecule has 0 spiro atoms. The monoisotopic (exact) mass is 289 g/mol. The van der Waals surface area contributed by atoms with Crippen molar-refractivity contribution in [3.05, 3.63) is 47.5 Å². The van der Waals surface area contributed by atoms with Gasteiger partial charge in [0.2, 0.25) is 0 Å². The number of hydrogen-bond acceptors (Lipinski definition) is 3. The van der Waals surface area contributed by atoms with E-state index in [9.17, 15) is 9.59 Å². The number of carbonyl (C=O) groups is 2. The van der Waals surface area contributed by atoms with Crippen LogP contribution in [0, 0.1) is 13.8 Å². The Balaban J connectivity index is 2.78. The van der Waals surface area contributed by atoms with Crippen LogP contribution in [0.3, 0.4) is 0 Å². The van der Waals surface area contributed by atoms with Crippen LogP contribution in [0.4, 0.5) is 0 Å². The third-order valence-corrected chi connectivity index (χ3v) is 3.18. The SMILES string of the molecule is C=CCCC[C@@H](NC(=O)c1cc(C)cc(C)c1)C(=O)OC. The Labute approximate surface area is 126 Å². The van der Waals surface area contributed by atoms with E-state index in [0.717, 1.165) is 24.0 Å². The Morgan fingerprint density at radius 2 is 1.90 bits per heavy atom. The zero-order chi connectivity index (χ0) is 15.8. The summed E-state index contributed by atoms with van der Waals surface area (Å²) in [7, 11) is 1.33. The van der Waals surface area contributed by atoms with E-state index in [2.05, 4.69) is 11.9 Å². The number of allylic oxidation sites excluding steroid dienone is 1. The highest BCUT2D eigenvalue weighted by atomic mass is 16.5. The second kappa shape index (κ2) is 8.25. The zero-order valence-corrected chi connectivity index (χ0v) is 12.9. The highest BCUT2D eigenvalue weighted by molar-refractivity contribution is 5.97. The fraction of sp³-hybridized carbons (Fsp3) is 0.412. The number of benzene rings is 1. The third kappa shape index (κ3) is 5.42. The summed E-state index contributed by atoms with van der Waals surface area (Å²) in [5.74, 6) is -0.674. The molecule has 21 heavy (non-hydrogen) atoms. The first kappa shape index (κ1) is 17.0. The Morgan fingerprint density at radius 3 is 2.43 bits per heavy atom. The molecule has 1 amide bonds. The molecule has 0 fully saturated rings. The van der Waals surface area contributed by atoms with E-state index in [1.165, 1.54) is 7.11 Å². The molecule has 0 radical (unpaired) electrons. The predicted octanol–water partition coefficient (Wildman–Crippen LogP) is 2.93. The van der Waals surface area contributed by atoms with Crippen molar-refractivity contribution in [2.75, 3.05) is 7.11 Å². The van der Waals surface area contributed by atoms with Crippen molar-refractivity contribution in [2.24, 2.45) is 0 Å². The van der Waals surface area contributed by atoms with Gasteiger partial charge >= 0.3 is 5.97 Å². The van der Waals surface area contributed by atoms with Gasteiger partial charge in [-0.05, 0) is 45.2 Å². The van der Waals surface area contributed by atoms with E-state index in [1.54, 1.807) is 18.2 Å². The van der Waals surface area contributed by atoms with Crippen LogP contribution in [0.5, 0.6) is 0 Å². The Kier molecular flexibility index (Phi) is 6.66. The van der Waals surface area contributed by atoms with E-state index in [0.29, 0.717) is 12.0 Å².